The molecule has 1 atom stereocenters. The van der Waals surface area contributed by atoms with Crippen LogP contribution in [0.15, 0.2) is 24.5 Å². The molecule has 1 aromatic heterocycles. The van der Waals surface area contributed by atoms with Gasteiger partial charge in [0.1, 0.15) is 0 Å². The molecule has 3 heteroatoms. The Balaban J connectivity index is 1.78. The van der Waals surface area contributed by atoms with Crippen LogP contribution in [0, 0.1) is 5.41 Å². The summed E-state index contributed by atoms with van der Waals surface area (Å²) in [6.45, 7) is 7.76. The second-order valence-electron chi connectivity index (χ2n) is 6.81. The Morgan fingerprint density at radius 3 is 2.95 bits per heavy atom. The fourth-order valence-corrected chi connectivity index (χ4v) is 3.06. The molecule has 2 rings (SSSR count). The van der Waals surface area contributed by atoms with Crippen LogP contribution in [0.5, 0.6) is 0 Å². The Bertz CT molecular complexity index is 388. The third-order valence-corrected chi connectivity index (χ3v) is 4.53. The maximum Gasteiger partial charge on any atom is 0.0363 e. The van der Waals surface area contributed by atoms with Crippen LogP contribution in [-0.2, 0) is 0 Å². The molecule has 1 aliphatic rings. The van der Waals surface area contributed by atoms with Gasteiger partial charge in [-0.2, -0.15) is 0 Å². The van der Waals surface area contributed by atoms with Crippen LogP contribution in [0.1, 0.15) is 57.6 Å². The fraction of sp³-hybridized carbons (Fsp3) is 0.706. The highest BCUT2D eigenvalue weighted by atomic mass is 15.2. The molecule has 2 N–H and O–H groups in total. The summed E-state index contributed by atoms with van der Waals surface area (Å²) in [6, 6.07) is 4.86. The second kappa shape index (κ2) is 7.19. The van der Waals surface area contributed by atoms with Gasteiger partial charge in [0.25, 0.3) is 0 Å². The maximum absolute atomic E-state index is 5.79. The first-order chi connectivity index (χ1) is 9.62. The highest BCUT2D eigenvalue weighted by Crippen LogP contribution is 2.31. The molecule has 0 aliphatic carbocycles. The molecule has 0 bridgehead atoms. The van der Waals surface area contributed by atoms with Crippen LogP contribution < -0.4 is 5.73 Å². The van der Waals surface area contributed by atoms with E-state index in [1.54, 1.807) is 0 Å². The minimum absolute atomic E-state index is 0.299. The van der Waals surface area contributed by atoms with Gasteiger partial charge in [-0.1, -0.05) is 26.3 Å². The Labute approximate surface area is 123 Å². The summed E-state index contributed by atoms with van der Waals surface area (Å²) >= 11 is 0. The molecule has 1 aromatic rings. The molecular weight excluding hydrogens is 246 g/mol. The second-order valence-corrected chi connectivity index (χ2v) is 6.81. The van der Waals surface area contributed by atoms with Crippen molar-refractivity contribution in [3.8, 4) is 0 Å². The third kappa shape index (κ3) is 4.29. The molecule has 0 amide bonds. The van der Waals surface area contributed by atoms with E-state index in [9.17, 15) is 0 Å². The summed E-state index contributed by atoms with van der Waals surface area (Å²) in [5, 5.41) is 0. The van der Waals surface area contributed by atoms with E-state index >= 15 is 0 Å². The van der Waals surface area contributed by atoms with Crippen LogP contribution in [0.2, 0.25) is 0 Å². The largest absolute Gasteiger partial charge is 0.330 e. The predicted octanol–water partition coefficient (Wildman–Crippen LogP) is 3.37. The molecule has 1 aliphatic heterocycles. The van der Waals surface area contributed by atoms with E-state index < -0.39 is 0 Å². The zero-order valence-corrected chi connectivity index (χ0v) is 13.0. The lowest BCUT2D eigenvalue weighted by Crippen LogP contribution is -2.26. The Morgan fingerprint density at radius 1 is 1.40 bits per heavy atom. The number of likely N-dealkylation sites (tertiary alicyclic amines) is 1. The van der Waals surface area contributed by atoms with Gasteiger partial charge in [0.15, 0.2) is 0 Å². The molecule has 0 saturated carbocycles. The number of rotatable bonds is 7. The van der Waals surface area contributed by atoms with E-state index in [4.69, 9.17) is 5.73 Å². The highest BCUT2D eigenvalue weighted by Gasteiger charge is 2.25. The van der Waals surface area contributed by atoms with E-state index in [1.165, 1.54) is 50.8 Å². The van der Waals surface area contributed by atoms with Gasteiger partial charge in [-0.05, 0) is 62.4 Å². The van der Waals surface area contributed by atoms with E-state index in [2.05, 4.69) is 35.9 Å². The number of nitrogens with zero attached hydrogens (tertiary/aromatic N) is 2. The molecule has 20 heavy (non-hydrogen) atoms. The first kappa shape index (κ1) is 15.5. The number of hydrogen-bond acceptors (Lipinski definition) is 3. The van der Waals surface area contributed by atoms with Crippen LogP contribution >= 0.6 is 0 Å². The van der Waals surface area contributed by atoms with Gasteiger partial charge in [-0.3, -0.25) is 9.88 Å². The SMILES string of the molecule is CC(C)(CN)CCCCN1CCCC1c1cccnc1. The number of aromatic nitrogens is 1. The van der Waals surface area contributed by atoms with Gasteiger partial charge in [-0.25, -0.2) is 0 Å². The molecule has 0 spiro atoms. The van der Waals surface area contributed by atoms with E-state index in [0.717, 1.165) is 6.54 Å². The monoisotopic (exact) mass is 275 g/mol. The van der Waals surface area contributed by atoms with Gasteiger partial charge in [0.05, 0.1) is 0 Å². The van der Waals surface area contributed by atoms with Crippen molar-refractivity contribution in [1.82, 2.24) is 9.88 Å². The van der Waals surface area contributed by atoms with Crippen molar-refractivity contribution in [2.45, 2.75) is 52.0 Å². The smallest absolute Gasteiger partial charge is 0.0363 e. The average molecular weight is 275 g/mol. The Hall–Kier alpha value is -0.930. The maximum atomic E-state index is 5.79. The summed E-state index contributed by atoms with van der Waals surface area (Å²) in [7, 11) is 0. The zero-order valence-electron chi connectivity index (χ0n) is 13.0. The van der Waals surface area contributed by atoms with Crippen molar-refractivity contribution in [3.05, 3.63) is 30.1 Å². The molecule has 2 heterocycles. The summed E-state index contributed by atoms with van der Waals surface area (Å²) in [5.41, 5.74) is 7.47. The minimum Gasteiger partial charge on any atom is -0.330 e. The lowest BCUT2D eigenvalue weighted by molar-refractivity contribution is 0.241. The van der Waals surface area contributed by atoms with E-state index in [-0.39, 0.29) is 0 Å². The molecule has 3 nitrogen and oxygen atoms in total. The van der Waals surface area contributed by atoms with Gasteiger partial charge >= 0.3 is 0 Å². The van der Waals surface area contributed by atoms with Gasteiger partial charge in [0, 0.05) is 18.4 Å². The zero-order chi connectivity index (χ0) is 14.4. The summed E-state index contributed by atoms with van der Waals surface area (Å²) in [6.07, 6.45) is 10.3. The Morgan fingerprint density at radius 2 is 2.25 bits per heavy atom. The normalized spacial score (nSPS) is 20.4. The van der Waals surface area contributed by atoms with Crippen LogP contribution in [-0.4, -0.2) is 29.5 Å². The van der Waals surface area contributed by atoms with Crippen LogP contribution in [0.4, 0.5) is 0 Å². The topological polar surface area (TPSA) is 42.1 Å². The lowest BCUT2D eigenvalue weighted by Gasteiger charge is -2.26. The minimum atomic E-state index is 0.299. The first-order valence-electron chi connectivity index (χ1n) is 7.96. The quantitative estimate of drug-likeness (QED) is 0.776. The standard InChI is InChI=1S/C17H29N3/c1-17(2,14-18)9-3-4-11-20-12-6-8-16(20)15-7-5-10-19-13-15/h5,7,10,13,16H,3-4,6,8-9,11-12,14,18H2,1-2H3. The van der Waals surface area contributed by atoms with E-state index in [1.807, 2.05) is 12.4 Å². The van der Waals surface area contributed by atoms with E-state index in [0.29, 0.717) is 11.5 Å². The number of unbranched alkanes of at least 4 members (excludes halogenated alkanes) is 1. The predicted molar refractivity (Wildman–Crippen MR) is 84.5 cm³/mol. The number of pyridine rings is 1. The van der Waals surface area contributed by atoms with Crippen molar-refractivity contribution in [1.29, 1.82) is 0 Å². The Kier molecular flexibility index (Phi) is 5.55. The summed E-state index contributed by atoms with van der Waals surface area (Å²) in [5.74, 6) is 0. The average Bonchev–Trinajstić information content (AvgIpc) is 2.93. The highest BCUT2D eigenvalue weighted by molar-refractivity contribution is 5.15. The van der Waals surface area contributed by atoms with Crippen molar-refractivity contribution in [3.63, 3.8) is 0 Å². The molecular formula is C17H29N3. The third-order valence-electron chi connectivity index (χ3n) is 4.53. The number of hydrogen-bond donors (Lipinski definition) is 1. The van der Waals surface area contributed by atoms with Crippen molar-refractivity contribution in [2.75, 3.05) is 19.6 Å². The van der Waals surface area contributed by atoms with Gasteiger partial charge < -0.3 is 5.73 Å². The van der Waals surface area contributed by atoms with Crippen LogP contribution in [0.25, 0.3) is 0 Å². The fourth-order valence-electron chi connectivity index (χ4n) is 3.06. The molecule has 1 unspecified atom stereocenters. The number of nitrogens with two attached hydrogens (primary N) is 1. The van der Waals surface area contributed by atoms with Crippen molar-refractivity contribution >= 4 is 0 Å². The van der Waals surface area contributed by atoms with Crippen LogP contribution in [0.3, 0.4) is 0 Å². The molecule has 0 aromatic carbocycles. The lowest BCUT2D eigenvalue weighted by atomic mass is 9.87. The summed E-state index contributed by atoms with van der Waals surface area (Å²) < 4.78 is 0. The molecule has 1 saturated heterocycles. The molecule has 1 fully saturated rings. The molecule has 112 valence electrons. The van der Waals surface area contributed by atoms with Crippen molar-refractivity contribution in [2.24, 2.45) is 11.1 Å². The molecule has 0 radical (unpaired) electrons. The summed E-state index contributed by atoms with van der Waals surface area (Å²) in [4.78, 5) is 6.89. The van der Waals surface area contributed by atoms with Crippen molar-refractivity contribution < 1.29 is 0 Å². The van der Waals surface area contributed by atoms with Gasteiger partial charge in [0.2, 0.25) is 0 Å². The first-order valence-corrected chi connectivity index (χ1v) is 7.96. The van der Waals surface area contributed by atoms with Gasteiger partial charge in [-0.15, -0.1) is 0 Å².